The Hall–Kier alpha value is -1.37. The zero-order valence-electron chi connectivity index (χ0n) is 16.8. The van der Waals surface area contributed by atoms with Crippen LogP contribution in [0.3, 0.4) is 0 Å². The maximum Gasteiger partial charge on any atom is 0.303 e. The second kappa shape index (κ2) is 9.63. The van der Waals surface area contributed by atoms with Crippen molar-refractivity contribution in [1.82, 2.24) is 4.72 Å². The van der Waals surface area contributed by atoms with Gasteiger partial charge in [-0.25, -0.2) is 13.1 Å². The fraction of sp³-hybridized carbons (Fsp3) is 0.591. The van der Waals surface area contributed by atoms with E-state index in [9.17, 15) is 13.2 Å². The second-order valence-corrected chi connectivity index (χ2v) is 10.6. The van der Waals surface area contributed by atoms with Crippen LogP contribution in [0.5, 0.6) is 0 Å². The first-order chi connectivity index (χ1) is 13.8. The lowest BCUT2D eigenvalue weighted by molar-refractivity contribution is -0.137. The molecule has 2 N–H and O–H groups in total. The molecule has 0 radical (unpaired) electrons. The number of hydrogen-bond acceptors (Lipinski definition) is 3. The first-order valence-electron chi connectivity index (χ1n) is 10.4. The summed E-state index contributed by atoms with van der Waals surface area (Å²) in [5.41, 5.74) is 0.923. The molecule has 3 aliphatic rings. The summed E-state index contributed by atoms with van der Waals surface area (Å²) in [5, 5.41) is 9.01. The zero-order valence-corrected chi connectivity index (χ0v) is 18.4. The fourth-order valence-corrected chi connectivity index (χ4v) is 6.63. The predicted octanol–water partition coefficient (Wildman–Crippen LogP) is 4.79. The first-order valence-corrected chi connectivity index (χ1v) is 12.3. The summed E-state index contributed by atoms with van der Waals surface area (Å²) in [7, 11) is -3.66. The van der Waals surface area contributed by atoms with Gasteiger partial charge in [0.2, 0.25) is 10.0 Å². The average Bonchev–Trinajstić information content (AvgIpc) is 2.67. The van der Waals surface area contributed by atoms with Gasteiger partial charge in [0.05, 0.1) is 5.02 Å². The van der Waals surface area contributed by atoms with Gasteiger partial charge in [0.25, 0.3) is 0 Å². The molecule has 0 saturated heterocycles. The van der Waals surface area contributed by atoms with Crippen LogP contribution >= 0.6 is 11.6 Å². The molecule has 0 amide bonds. The van der Waals surface area contributed by atoms with Crippen molar-refractivity contribution in [1.29, 1.82) is 0 Å². The van der Waals surface area contributed by atoms with Gasteiger partial charge in [-0.05, 0) is 86.8 Å². The van der Waals surface area contributed by atoms with E-state index in [0.29, 0.717) is 30.7 Å². The number of benzene rings is 1. The molecule has 29 heavy (non-hydrogen) atoms. The standard InChI is InChI=1S/C22H30ClNO4S/c1-15-7-12-21(20(23)13-15)29(27,28)24-14-19-17-10-8-16(9-11-17)18(19)5-3-2-4-6-22(25)26/h3,5,7,12-13,16-19,24H,2,4,6,8-11,14H2,1H3,(H,25,26)/b5-3-. The predicted molar refractivity (Wildman–Crippen MR) is 114 cm³/mol. The van der Waals surface area contributed by atoms with E-state index in [-0.39, 0.29) is 22.3 Å². The molecule has 1 aromatic carbocycles. The molecule has 0 aliphatic heterocycles. The lowest BCUT2D eigenvalue weighted by atomic mass is 9.58. The molecule has 4 rings (SSSR count). The zero-order chi connectivity index (χ0) is 21.0. The third kappa shape index (κ3) is 5.62. The van der Waals surface area contributed by atoms with Gasteiger partial charge in [-0.3, -0.25) is 4.79 Å². The van der Waals surface area contributed by atoms with E-state index < -0.39 is 16.0 Å². The Labute approximate surface area is 178 Å². The molecule has 2 unspecified atom stereocenters. The lowest BCUT2D eigenvalue weighted by Crippen LogP contribution is -2.45. The topological polar surface area (TPSA) is 83.5 Å². The summed E-state index contributed by atoms with van der Waals surface area (Å²) in [6.07, 6.45) is 10.6. The molecule has 0 heterocycles. The van der Waals surface area contributed by atoms with Crippen LogP contribution in [0.2, 0.25) is 5.02 Å². The Bertz CT molecular complexity index is 860. The number of rotatable bonds is 9. The van der Waals surface area contributed by atoms with Gasteiger partial charge in [-0.15, -0.1) is 0 Å². The molecule has 2 atom stereocenters. The number of sulfonamides is 1. The van der Waals surface area contributed by atoms with Gasteiger partial charge in [0.1, 0.15) is 4.90 Å². The van der Waals surface area contributed by atoms with Crippen molar-refractivity contribution in [2.75, 3.05) is 6.54 Å². The highest BCUT2D eigenvalue weighted by Crippen LogP contribution is 2.49. The first kappa shape index (κ1) is 22.3. The van der Waals surface area contributed by atoms with Crippen molar-refractivity contribution in [2.45, 2.75) is 56.8 Å². The average molecular weight is 440 g/mol. The minimum Gasteiger partial charge on any atom is -0.481 e. The van der Waals surface area contributed by atoms with Crippen molar-refractivity contribution >= 4 is 27.6 Å². The van der Waals surface area contributed by atoms with Gasteiger partial charge < -0.3 is 5.11 Å². The third-order valence-corrected chi connectivity index (χ3v) is 8.37. The van der Waals surface area contributed by atoms with Gasteiger partial charge >= 0.3 is 5.97 Å². The monoisotopic (exact) mass is 439 g/mol. The molecule has 2 bridgehead atoms. The number of allylic oxidation sites excluding steroid dienone is 2. The Morgan fingerprint density at radius 3 is 2.59 bits per heavy atom. The minimum absolute atomic E-state index is 0.131. The number of carboxylic acid groups (broad SMARTS) is 1. The van der Waals surface area contributed by atoms with E-state index in [0.717, 1.165) is 24.8 Å². The Kier molecular flexibility index (Phi) is 7.41. The van der Waals surface area contributed by atoms with E-state index in [2.05, 4.69) is 16.9 Å². The molecule has 3 fully saturated rings. The quantitative estimate of drug-likeness (QED) is 0.428. The number of aryl methyl sites for hydroxylation is 1. The number of unbranched alkanes of at least 4 members (excludes halogenated alkanes) is 1. The van der Waals surface area contributed by atoms with Crippen LogP contribution in [0.1, 0.15) is 50.5 Å². The van der Waals surface area contributed by atoms with Crippen LogP contribution in [0.15, 0.2) is 35.2 Å². The maximum absolute atomic E-state index is 12.8. The highest BCUT2D eigenvalue weighted by atomic mass is 35.5. The van der Waals surface area contributed by atoms with Crippen molar-refractivity contribution in [3.63, 3.8) is 0 Å². The van der Waals surface area contributed by atoms with E-state index in [1.807, 2.05) is 6.92 Å². The summed E-state index contributed by atoms with van der Waals surface area (Å²) in [4.78, 5) is 10.8. The smallest absolute Gasteiger partial charge is 0.303 e. The summed E-state index contributed by atoms with van der Waals surface area (Å²) in [5.74, 6) is 0.982. The summed E-state index contributed by atoms with van der Waals surface area (Å²) in [6.45, 7) is 2.29. The maximum atomic E-state index is 12.8. The Morgan fingerprint density at radius 2 is 1.93 bits per heavy atom. The molecule has 1 aromatic rings. The van der Waals surface area contributed by atoms with Gasteiger partial charge in [0.15, 0.2) is 0 Å². The van der Waals surface area contributed by atoms with Crippen LogP contribution < -0.4 is 4.72 Å². The van der Waals surface area contributed by atoms with Crippen LogP contribution in [-0.2, 0) is 14.8 Å². The van der Waals surface area contributed by atoms with Crippen molar-refractivity contribution in [2.24, 2.45) is 23.7 Å². The molecule has 3 saturated carbocycles. The minimum atomic E-state index is -3.66. The van der Waals surface area contributed by atoms with Gasteiger partial charge in [0, 0.05) is 13.0 Å². The lowest BCUT2D eigenvalue weighted by Gasteiger charge is -2.48. The van der Waals surface area contributed by atoms with Crippen molar-refractivity contribution < 1.29 is 18.3 Å². The second-order valence-electron chi connectivity index (χ2n) is 8.42. The van der Waals surface area contributed by atoms with Crippen molar-refractivity contribution in [3.05, 3.63) is 40.9 Å². The number of halogens is 1. The number of aliphatic carboxylic acids is 1. The van der Waals surface area contributed by atoms with E-state index >= 15 is 0 Å². The van der Waals surface area contributed by atoms with E-state index in [4.69, 9.17) is 16.7 Å². The number of fused-ring (bicyclic) bond motifs is 3. The SMILES string of the molecule is Cc1ccc(S(=O)(=O)NCC2C3CCC(CC3)C2/C=C\CCCC(=O)O)c(Cl)c1. The van der Waals surface area contributed by atoms with Crippen LogP contribution in [0.25, 0.3) is 0 Å². The number of carboxylic acids is 1. The van der Waals surface area contributed by atoms with Crippen LogP contribution in [0, 0.1) is 30.6 Å². The fourth-order valence-electron chi connectivity index (χ4n) is 4.96. The van der Waals surface area contributed by atoms with E-state index in [1.165, 1.54) is 12.8 Å². The molecular weight excluding hydrogens is 410 g/mol. The highest BCUT2D eigenvalue weighted by Gasteiger charge is 2.42. The normalized spacial score (nSPS) is 26.8. The summed E-state index contributed by atoms with van der Waals surface area (Å²) < 4.78 is 28.4. The van der Waals surface area contributed by atoms with Crippen LogP contribution in [0.4, 0.5) is 0 Å². The van der Waals surface area contributed by atoms with E-state index in [1.54, 1.807) is 18.2 Å². The number of nitrogens with one attached hydrogen (secondary N) is 1. The molecule has 3 aliphatic carbocycles. The number of carbonyl (C=O) groups is 1. The Balaban J connectivity index is 1.66. The molecule has 7 heteroatoms. The molecular formula is C22H30ClNO4S. The van der Waals surface area contributed by atoms with Crippen molar-refractivity contribution in [3.8, 4) is 0 Å². The highest BCUT2D eigenvalue weighted by molar-refractivity contribution is 7.89. The molecule has 160 valence electrons. The largest absolute Gasteiger partial charge is 0.481 e. The molecule has 5 nitrogen and oxygen atoms in total. The third-order valence-electron chi connectivity index (χ3n) is 6.47. The van der Waals surface area contributed by atoms with Gasteiger partial charge in [-0.1, -0.05) is 29.8 Å². The Morgan fingerprint density at radius 1 is 1.24 bits per heavy atom. The van der Waals surface area contributed by atoms with Gasteiger partial charge in [-0.2, -0.15) is 0 Å². The van der Waals surface area contributed by atoms with Crippen LogP contribution in [-0.4, -0.2) is 26.0 Å². The summed E-state index contributed by atoms with van der Waals surface area (Å²) in [6, 6.07) is 4.99. The summed E-state index contributed by atoms with van der Waals surface area (Å²) >= 11 is 6.18. The molecule has 0 spiro atoms. The molecule has 0 aromatic heterocycles. The number of hydrogen-bond donors (Lipinski definition) is 2.